The molecule has 0 spiro atoms. The van der Waals surface area contributed by atoms with Crippen molar-refractivity contribution in [2.45, 2.75) is 32.3 Å². The first kappa shape index (κ1) is 24.3. The van der Waals surface area contributed by atoms with Gasteiger partial charge in [0, 0.05) is 18.7 Å². The average Bonchev–Trinajstić information content (AvgIpc) is 2.91. The highest BCUT2D eigenvalue weighted by Crippen LogP contribution is 2.25. The van der Waals surface area contributed by atoms with Gasteiger partial charge in [-0.05, 0) is 79.1 Å². The summed E-state index contributed by atoms with van der Waals surface area (Å²) in [6.07, 6.45) is 4.22. The second kappa shape index (κ2) is 11.6. The lowest BCUT2D eigenvalue weighted by Crippen LogP contribution is -2.38. The van der Waals surface area contributed by atoms with Crippen molar-refractivity contribution in [1.82, 2.24) is 4.90 Å². The van der Waals surface area contributed by atoms with Gasteiger partial charge in [0.05, 0.1) is 12.7 Å². The molecule has 0 unspecified atom stereocenters. The molecule has 1 aliphatic rings. The van der Waals surface area contributed by atoms with E-state index in [1.165, 1.54) is 5.56 Å². The zero-order valence-corrected chi connectivity index (χ0v) is 20.1. The van der Waals surface area contributed by atoms with E-state index in [4.69, 9.17) is 15.2 Å². The maximum atomic E-state index is 13.1. The minimum Gasteiger partial charge on any atom is -0.497 e. The number of methoxy groups -OCH3 is 1. The number of piperidine rings is 1. The normalized spacial score (nSPS) is 13.9. The molecule has 182 valence electrons. The average molecular weight is 473 g/mol. The standard InChI is InChI=1S/C29H32N2O4/c1-34-25-13-11-21(12-14-25)9-10-22-15-17-31(18-16-22)29(33)24-6-4-5-23(19-24)20-35-27-8-3-2-7-26(27)28(30)32/h2-8,11-14,19,22H,9-10,15-18,20H2,1H3,(H2,30,32). The Morgan fingerprint density at radius 3 is 2.40 bits per heavy atom. The summed E-state index contributed by atoms with van der Waals surface area (Å²) in [7, 11) is 1.68. The summed E-state index contributed by atoms with van der Waals surface area (Å²) in [6, 6.07) is 22.6. The molecule has 4 rings (SSSR count). The lowest BCUT2D eigenvalue weighted by molar-refractivity contribution is 0.0686. The summed E-state index contributed by atoms with van der Waals surface area (Å²) < 4.78 is 11.0. The highest BCUT2D eigenvalue weighted by atomic mass is 16.5. The number of nitrogens with two attached hydrogens (primary N) is 1. The van der Waals surface area contributed by atoms with Crippen LogP contribution in [-0.2, 0) is 13.0 Å². The number of nitrogens with zero attached hydrogens (tertiary/aromatic N) is 1. The predicted octanol–water partition coefficient (Wildman–Crippen LogP) is 4.86. The van der Waals surface area contributed by atoms with Gasteiger partial charge in [-0.15, -0.1) is 0 Å². The van der Waals surface area contributed by atoms with Gasteiger partial charge < -0.3 is 20.1 Å². The lowest BCUT2D eigenvalue weighted by Gasteiger charge is -2.32. The second-order valence-corrected chi connectivity index (χ2v) is 8.97. The molecule has 1 aliphatic heterocycles. The molecule has 0 aliphatic carbocycles. The second-order valence-electron chi connectivity index (χ2n) is 8.97. The van der Waals surface area contributed by atoms with E-state index >= 15 is 0 Å². The molecule has 0 saturated carbocycles. The Kier molecular flexibility index (Phi) is 8.03. The molecule has 0 atom stereocenters. The number of amides is 2. The van der Waals surface area contributed by atoms with Crippen LogP contribution in [0, 0.1) is 5.92 Å². The van der Waals surface area contributed by atoms with Gasteiger partial charge in [-0.25, -0.2) is 0 Å². The molecule has 6 nitrogen and oxygen atoms in total. The first-order chi connectivity index (χ1) is 17.0. The van der Waals surface area contributed by atoms with E-state index in [1.807, 2.05) is 41.3 Å². The molecule has 2 amide bonds. The fourth-order valence-electron chi connectivity index (χ4n) is 4.52. The van der Waals surface area contributed by atoms with Crippen LogP contribution >= 0.6 is 0 Å². The van der Waals surface area contributed by atoms with Crippen LogP contribution in [0.15, 0.2) is 72.8 Å². The largest absolute Gasteiger partial charge is 0.497 e. The van der Waals surface area contributed by atoms with Crippen LogP contribution in [-0.4, -0.2) is 36.9 Å². The van der Waals surface area contributed by atoms with E-state index in [2.05, 4.69) is 12.1 Å². The number of hydrogen-bond donors (Lipinski definition) is 1. The first-order valence-corrected chi connectivity index (χ1v) is 12.1. The van der Waals surface area contributed by atoms with Crippen LogP contribution in [0.3, 0.4) is 0 Å². The minimum atomic E-state index is -0.531. The summed E-state index contributed by atoms with van der Waals surface area (Å²) >= 11 is 0. The van der Waals surface area contributed by atoms with Crippen molar-refractivity contribution >= 4 is 11.8 Å². The number of likely N-dealkylation sites (tertiary alicyclic amines) is 1. The Hall–Kier alpha value is -3.80. The number of rotatable bonds is 9. The molecule has 0 bridgehead atoms. The van der Waals surface area contributed by atoms with Crippen LogP contribution < -0.4 is 15.2 Å². The number of para-hydroxylation sites is 1. The molecule has 2 N–H and O–H groups in total. The summed E-state index contributed by atoms with van der Waals surface area (Å²) in [5.74, 6) is 1.47. The summed E-state index contributed by atoms with van der Waals surface area (Å²) in [5.41, 5.74) is 8.61. The topological polar surface area (TPSA) is 81.9 Å². The molecule has 1 heterocycles. The van der Waals surface area contributed by atoms with Gasteiger partial charge in [0.15, 0.2) is 0 Å². The first-order valence-electron chi connectivity index (χ1n) is 12.1. The number of ether oxygens (including phenoxy) is 2. The Morgan fingerprint density at radius 2 is 1.69 bits per heavy atom. The number of primary amides is 1. The maximum absolute atomic E-state index is 13.1. The van der Waals surface area contributed by atoms with Crippen molar-refractivity contribution in [3.8, 4) is 11.5 Å². The predicted molar refractivity (Wildman–Crippen MR) is 136 cm³/mol. The molecule has 35 heavy (non-hydrogen) atoms. The molecule has 1 fully saturated rings. The van der Waals surface area contributed by atoms with Crippen molar-refractivity contribution in [2.24, 2.45) is 11.7 Å². The van der Waals surface area contributed by atoms with Gasteiger partial charge in [0.25, 0.3) is 11.8 Å². The highest BCUT2D eigenvalue weighted by Gasteiger charge is 2.23. The third kappa shape index (κ3) is 6.41. The van der Waals surface area contributed by atoms with Crippen molar-refractivity contribution in [2.75, 3.05) is 20.2 Å². The molecular weight excluding hydrogens is 440 g/mol. The molecular formula is C29H32N2O4. The Balaban J connectivity index is 1.28. The molecule has 3 aromatic carbocycles. The van der Waals surface area contributed by atoms with Gasteiger partial charge in [0.1, 0.15) is 18.1 Å². The van der Waals surface area contributed by atoms with Gasteiger partial charge in [-0.2, -0.15) is 0 Å². The maximum Gasteiger partial charge on any atom is 0.253 e. The van der Waals surface area contributed by atoms with Crippen LogP contribution in [0.1, 0.15) is 51.1 Å². The van der Waals surface area contributed by atoms with Crippen LogP contribution in [0.2, 0.25) is 0 Å². The monoisotopic (exact) mass is 472 g/mol. The number of aryl methyl sites for hydroxylation is 1. The Morgan fingerprint density at radius 1 is 0.943 bits per heavy atom. The quantitative estimate of drug-likeness (QED) is 0.482. The highest BCUT2D eigenvalue weighted by molar-refractivity contribution is 5.95. The number of hydrogen-bond acceptors (Lipinski definition) is 4. The van der Waals surface area contributed by atoms with E-state index in [1.54, 1.807) is 31.4 Å². The Labute approximate surface area is 206 Å². The van der Waals surface area contributed by atoms with Gasteiger partial charge >= 0.3 is 0 Å². The van der Waals surface area contributed by atoms with Crippen LogP contribution in [0.5, 0.6) is 11.5 Å². The van der Waals surface area contributed by atoms with Crippen LogP contribution in [0.4, 0.5) is 0 Å². The molecule has 0 aromatic heterocycles. The number of carbonyl (C=O) groups excluding carboxylic acids is 2. The van der Waals surface area contributed by atoms with Crippen LogP contribution in [0.25, 0.3) is 0 Å². The smallest absolute Gasteiger partial charge is 0.253 e. The summed E-state index contributed by atoms with van der Waals surface area (Å²) in [4.78, 5) is 26.7. The van der Waals surface area contributed by atoms with Gasteiger partial charge in [0.2, 0.25) is 0 Å². The van der Waals surface area contributed by atoms with Crippen molar-refractivity contribution in [1.29, 1.82) is 0 Å². The fourth-order valence-corrected chi connectivity index (χ4v) is 4.52. The van der Waals surface area contributed by atoms with E-state index in [-0.39, 0.29) is 12.5 Å². The zero-order valence-electron chi connectivity index (χ0n) is 20.1. The van der Waals surface area contributed by atoms with Gasteiger partial charge in [-0.3, -0.25) is 9.59 Å². The van der Waals surface area contributed by atoms with E-state index < -0.39 is 5.91 Å². The zero-order chi connectivity index (χ0) is 24.6. The molecule has 1 saturated heterocycles. The summed E-state index contributed by atoms with van der Waals surface area (Å²) in [5, 5.41) is 0. The fraction of sp³-hybridized carbons (Fsp3) is 0.310. The van der Waals surface area contributed by atoms with E-state index in [0.717, 1.165) is 50.1 Å². The number of benzene rings is 3. The van der Waals surface area contributed by atoms with Crippen molar-refractivity contribution in [3.05, 3.63) is 95.1 Å². The molecule has 6 heteroatoms. The molecule has 0 radical (unpaired) electrons. The Bertz CT molecular complexity index is 1150. The van der Waals surface area contributed by atoms with Crippen molar-refractivity contribution in [3.63, 3.8) is 0 Å². The van der Waals surface area contributed by atoms with E-state index in [0.29, 0.717) is 22.8 Å². The lowest BCUT2D eigenvalue weighted by atomic mass is 9.90. The molecule has 3 aromatic rings. The third-order valence-corrected chi connectivity index (χ3v) is 6.62. The van der Waals surface area contributed by atoms with Crippen molar-refractivity contribution < 1.29 is 19.1 Å². The number of carbonyl (C=O) groups is 2. The van der Waals surface area contributed by atoms with E-state index in [9.17, 15) is 9.59 Å². The summed E-state index contributed by atoms with van der Waals surface area (Å²) in [6.45, 7) is 1.80. The third-order valence-electron chi connectivity index (χ3n) is 6.62. The van der Waals surface area contributed by atoms with Gasteiger partial charge in [-0.1, -0.05) is 36.4 Å². The SMILES string of the molecule is COc1ccc(CCC2CCN(C(=O)c3cccc(COc4ccccc4C(N)=O)c3)CC2)cc1. The minimum absolute atomic E-state index is 0.0537.